The van der Waals surface area contributed by atoms with Crippen LogP contribution in [0, 0.1) is 0 Å². The highest BCUT2D eigenvalue weighted by Crippen LogP contribution is 2.23. The Morgan fingerprint density at radius 2 is 1.67 bits per heavy atom. The molecule has 0 saturated carbocycles. The van der Waals surface area contributed by atoms with Gasteiger partial charge in [0.05, 0.1) is 19.5 Å². The van der Waals surface area contributed by atoms with E-state index in [2.05, 4.69) is 9.97 Å². The first-order chi connectivity index (χ1) is 13.2. The molecule has 0 radical (unpaired) electrons. The summed E-state index contributed by atoms with van der Waals surface area (Å²) in [7, 11) is 1.65. The fourth-order valence-electron chi connectivity index (χ4n) is 2.68. The molecule has 0 saturated heterocycles. The molecular weight excluding hydrogens is 338 g/mol. The zero-order valence-corrected chi connectivity index (χ0v) is 16.1. The van der Waals surface area contributed by atoms with Crippen LogP contribution < -0.4 is 10.5 Å². The first kappa shape index (κ1) is 20.4. The van der Waals surface area contributed by atoms with Crippen LogP contribution in [0.5, 0.6) is 5.75 Å². The van der Waals surface area contributed by atoms with Crippen molar-refractivity contribution in [2.75, 3.05) is 7.11 Å². The molecule has 0 aliphatic heterocycles. The van der Waals surface area contributed by atoms with Crippen LogP contribution in [-0.4, -0.2) is 28.9 Å². The molecule has 1 unspecified atom stereocenters. The topological polar surface area (TPSA) is 81.0 Å². The van der Waals surface area contributed by atoms with Gasteiger partial charge in [-0.05, 0) is 28.8 Å². The van der Waals surface area contributed by atoms with E-state index in [9.17, 15) is 4.79 Å². The summed E-state index contributed by atoms with van der Waals surface area (Å²) in [6.45, 7) is 4.00. The van der Waals surface area contributed by atoms with Gasteiger partial charge in [-0.1, -0.05) is 50.2 Å². The number of hydrogen-bond donors (Lipinski definition) is 2. The van der Waals surface area contributed by atoms with Crippen LogP contribution in [0.3, 0.4) is 0 Å². The van der Waals surface area contributed by atoms with Gasteiger partial charge >= 0.3 is 0 Å². The summed E-state index contributed by atoms with van der Waals surface area (Å²) in [5, 5.41) is 0. The Balaban J connectivity index is 0.00000126. The number of rotatable bonds is 7. The minimum atomic E-state index is -0.526. The number of benzene rings is 2. The smallest absolute Gasteiger partial charge is 0.154 e. The number of nitrogens with one attached hydrogen (secondary N) is 1. The molecule has 0 bridgehead atoms. The molecule has 0 spiro atoms. The molecule has 1 heterocycles. The molecular formula is C22H27N3O2. The first-order valence-electron chi connectivity index (χ1n) is 9.14. The highest BCUT2D eigenvalue weighted by molar-refractivity contribution is 5.86. The zero-order chi connectivity index (χ0) is 19.6. The molecule has 0 aliphatic carbocycles. The van der Waals surface area contributed by atoms with Crippen molar-refractivity contribution in [3.8, 4) is 16.9 Å². The lowest BCUT2D eigenvalue weighted by Gasteiger charge is -2.10. The van der Waals surface area contributed by atoms with Crippen LogP contribution in [-0.2, 0) is 17.6 Å². The Bertz CT molecular complexity index is 810. The second kappa shape index (κ2) is 10.3. The Hall–Kier alpha value is -2.92. The lowest BCUT2D eigenvalue weighted by atomic mass is 9.98. The van der Waals surface area contributed by atoms with E-state index in [1.807, 2.05) is 62.4 Å². The summed E-state index contributed by atoms with van der Waals surface area (Å²) in [6.07, 6.45) is 4.09. The highest BCUT2D eigenvalue weighted by Gasteiger charge is 2.15. The van der Waals surface area contributed by atoms with Crippen molar-refractivity contribution < 1.29 is 9.53 Å². The van der Waals surface area contributed by atoms with E-state index in [1.165, 1.54) is 0 Å². The second-order valence-electron chi connectivity index (χ2n) is 5.96. The summed E-state index contributed by atoms with van der Waals surface area (Å²) < 4.78 is 5.17. The fourth-order valence-corrected chi connectivity index (χ4v) is 2.68. The average Bonchev–Trinajstić information content (AvgIpc) is 3.23. The Morgan fingerprint density at radius 1 is 1.07 bits per heavy atom. The second-order valence-corrected chi connectivity index (χ2v) is 5.96. The van der Waals surface area contributed by atoms with Crippen LogP contribution >= 0.6 is 0 Å². The number of Topliss-reactive ketones (excluding diaryl/α,β-unsaturated/α-hetero) is 1. The van der Waals surface area contributed by atoms with Crippen LogP contribution in [0.4, 0.5) is 0 Å². The average molecular weight is 365 g/mol. The number of aromatic amines is 1. The van der Waals surface area contributed by atoms with Gasteiger partial charge in [0.15, 0.2) is 5.78 Å². The molecule has 3 rings (SSSR count). The Morgan fingerprint density at radius 3 is 2.19 bits per heavy atom. The van der Waals surface area contributed by atoms with Crippen molar-refractivity contribution in [2.45, 2.75) is 32.7 Å². The van der Waals surface area contributed by atoms with Crippen molar-refractivity contribution in [1.29, 1.82) is 0 Å². The van der Waals surface area contributed by atoms with Gasteiger partial charge in [-0.3, -0.25) is 4.79 Å². The summed E-state index contributed by atoms with van der Waals surface area (Å²) in [6, 6.07) is 15.3. The molecule has 27 heavy (non-hydrogen) atoms. The number of hydrogen-bond acceptors (Lipinski definition) is 4. The molecule has 0 fully saturated rings. The summed E-state index contributed by atoms with van der Waals surface area (Å²) in [4.78, 5) is 19.2. The number of H-pyrrole nitrogens is 1. The monoisotopic (exact) mass is 365 g/mol. The normalized spacial score (nSPS) is 11.3. The largest absolute Gasteiger partial charge is 0.497 e. The van der Waals surface area contributed by atoms with E-state index in [1.54, 1.807) is 19.6 Å². The van der Waals surface area contributed by atoms with E-state index < -0.39 is 6.04 Å². The predicted molar refractivity (Wildman–Crippen MR) is 109 cm³/mol. The lowest BCUT2D eigenvalue weighted by Crippen LogP contribution is -2.34. The number of methoxy groups -OCH3 is 1. The Kier molecular flexibility index (Phi) is 7.77. The third kappa shape index (κ3) is 5.79. The van der Waals surface area contributed by atoms with Crippen molar-refractivity contribution in [2.24, 2.45) is 5.73 Å². The molecule has 1 atom stereocenters. The standard InChI is InChI=1S/C20H21N3O2.C2H6/c1-25-18-8-6-16(7-9-18)15-4-2-14(3-5-15)10-20(24)19(21)11-17-12-22-13-23-17;1-2/h2-9,12-13,19H,10-11,21H2,1H3,(H,22,23);1-2H3. The van der Waals surface area contributed by atoms with Crippen LogP contribution in [0.1, 0.15) is 25.1 Å². The minimum absolute atomic E-state index is 0.0202. The Labute approximate surface area is 160 Å². The van der Waals surface area contributed by atoms with Gasteiger partial charge in [0, 0.05) is 24.7 Å². The van der Waals surface area contributed by atoms with Crippen molar-refractivity contribution in [3.63, 3.8) is 0 Å². The first-order valence-corrected chi connectivity index (χ1v) is 9.14. The highest BCUT2D eigenvalue weighted by atomic mass is 16.5. The van der Waals surface area contributed by atoms with E-state index in [0.29, 0.717) is 12.8 Å². The maximum atomic E-state index is 12.3. The number of carbonyl (C=O) groups is 1. The predicted octanol–water partition coefficient (Wildman–Crippen LogP) is 3.79. The SMILES string of the molecule is CC.COc1ccc(-c2ccc(CC(=O)C(N)Cc3cnc[nH]3)cc2)cc1. The molecule has 5 heteroatoms. The van der Waals surface area contributed by atoms with Gasteiger partial charge in [-0.2, -0.15) is 0 Å². The van der Waals surface area contributed by atoms with Gasteiger partial charge in [0.25, 0.3) is 0 Å². The lowest BCUT2D eigenvalue weighted by molar-refractivity contribution is -0.119. The number of nitrogens with two attached hydrogens (primary N) is 1. The maximum Gasteiger partial charge on any atom is 0.154 e. The molecule has 0 amide bonds. The van der Waals surface area contributed by atoms with Crippen molar-refractivity contribution in [1.82, 2.24) is 9.97 Å². The number of imidazole rings is 1. The summed E-state index contributed by atoms with van der Waals surface area (Å²) in [5.41, 5.74) is 10.0. The van der Waals surface area contributed by atoms with Crippen molar-refractivity contribution >= 4 is 5.78 Å². The van der Waals surface area contributed by atoms with Gasteiger partial charge in [-0.25, -0.2) is 4.98 Å². The molecule has 142 valence electrons. The third-order valence-electron chi connectivity index (χ3n) is 4.16. The summed E-state index contributed by atoms with van der Waals surface area (Å²) >= 11 is 0. The van der Waals surface area contributed by atoms with Gasteiger partial charge in [-0.15, -0.1) is 0 Å². The fraction of sp³-hybridized carbons (Fsp3) is 0.273. The van der Waals surface area contributed by atoms with Gasteiger partial charge in [0.2, 0.25) is 0 Å². The number of aromatic nitrogens is 2. The molecule has 2 aromatic carbocycles. The van der Waals surface area contributed by atoms with E-state index in [-0.39, 0.29) is 5.78 Å². The van der Waals surface area contributed by atoms with E-state index >= 15 is 0 Å². The number of ketones is 1. The van der Waals surface area contributed by atoms with Crippen molar-refractivity contribution in [3.05, 3.63) is 72.3 Å². The molecule has 3 N–H and O–H groups in total. The van der Waals surface area contributed by atoms with Crippen LogP contribution in [0.25, 0.3) is 11.1 Å². The molecule has 5 nitrogen and oxygen atoms in total. The quantitative estimate of drug-likeness (QED) is 0.667. The number of nitrogens with zero attached hydrogens (tertiary/aromatic N) is 1. The maximum absolute atomic E-state index is 12.3. The van der Waals surface area contributed by atoms with Gasteiger partial charge < -0.3 is 15.5 Å². The van der Waals surface area contributed by atoms with E-state index in [4.69, 9.17) is 10.5 Å². The molecule has 3 aromatic rings. The minimum Gasteiger partial charge on any atom is -0.497 e. The molecule has 1 aromatic heterocycles. The third-order valence-corrected chi connectivity index (χ3v) is 4.16. The zero-order valence-electron chi connectivity index (χ0n) is 16.1. The number of ether oxygens (including phenoxy) is 1. The summed E-state index contributed by atoms with van der Waals surface area (Å²) in [5.74, 6) is 0.851. The molecule has 0 aliphatic rings. The van der Waals surface area contributed by atoms with Crippen LogP contribution in [0.2, 0.25) is 0 Å². The van der Waals surface area contributed by atoms with Crippen LogP contribution in [0.15, 0.2) is 61.1 Å². The van der Waals surface area contributed by atoms with E-state index in [0.717, 1.165) is 28.1 Å². The number of carbonyl (C=O) groups excluding carboxylic acids is 1. The van der Waals surface area contributed by atoms with Gasteiger partial charge in [0.1, 0.15) is 5.75 Å².